The second-order valence-corrected chi connectivity index (χ2v) is 7.77. The van der Waals surface area contributed by atoms with Crippen LogP contribution in [0.1, 0.15) is 30.4 Å². The Bertz CT molecular complexity index is 689. The van der Waals surface area contributed by atoms with Crippen LogP contribution >= 0.6 is 0 Å². The number of hydrogen-bond donors (Lipinski definition) is 3. The first-order valence-electron chi connectivity index (χ1n) is 10.1. The number of nitrogens with zero attached hydrogens (tertiary/aromatic N) is 2. The highest BCUT2D eigenvalue weighted by Crippen LogP contribution is 2.20. The standard InChI is InChI=1S/C20H30N4O2.CH2O2/c1-15-4-2-3-5-18(15)14-23-9-6-16(13-23)12-22-20(26)24-10-7-17(8-11-24)19(21)25;2-1-3/h2-5,16-17H,6-14H2,1H3,(H2,21,25)(H,22,26);1H,(H,2,3). The minimum absolute atomic E-state index is 0.00901. The number of hydrogen-bond acceptors (Lipinski definition) is 4. The van der Waals surface area contributed by atoms with Crippen molar-refractivity contribution in [1.82, 2.24) is 15.1 Å². The van der Waals surface area contributed by atoms with Gasteiger partial charge in [0.1, 0.15) is 0 Å². The lowest BCUT2D eigenvalue weighted by molar-refractivity contribution is -0.123. The number of carbonyl (C=O) groups is 3. The zero-order valence-electron chi connectivity index (χ0n) is 17.0. The Morgan fingerprint density at radius 1 is 1.21 bits per heavy atom. The van der Waals surface area contributed by atoms with Crippen LogP contribution in [-0.4, -0.2) is 66.0 Å². The molecule has 1 aromatic carbocycles. The average molecular weight is 405 g/mol. The monoisotopic (exact) mass is 404 g/mol. The quantitative estimate of drug-likeness (QED) is 0.642. The molecule has 0 bridgehead atoms. The van der Waals surface area contributed by atoms with Crippen LogP contribution < -0.4 is 11.1 Å². The molecule has 1 aromatic rings. The van der Waals surface area contributed by atoms with E-state index in [1.54, 1.807) is 4.90 Å². The minimum Gasteiger partial charge on any atom is -0.483 e. The van der Waals surface area contributed by atoms with Gasteiger partial charge in [0.15, 0.2) is 0 Å². The molecule has 2 heterocycles. The third-order valence-electron chi connectivity index (χ3n) is 5.75. The van der Waals surface area contributed by atoms with Gasteiger partial charge in [0.25, 0.3) is 6.47 Å². The molecule has 160 valence electrons. The predicted octanol–water partition coefficient (Wildman–Crippen LogP) is 1.42. The van der Waals surface area contributed by atoms with E-state index in [9.17, 15) is 9.59 Å². The molecule has 8 heteroatoms. The SMILES string of the molecule is Cc1ccccc1CN1CCC(CNC(=O)N2CCC(C(N)=O)CC2)C1.O=CO. The normalized spacial score (nSPS) is 19.9. The van der Waals surface area contributed by atoms with Gasteiger partial charge >= 0.3 is 6.03 Å². The fraction of sp³-hybridized carbons (Fsp3) is 0.571. The number of aryl methyl sites for hydroxylation is 1. The molecular weight excluding hydrogens is 372 g/mol. The third-order valence-corrected chi connectivity index (χ3v) is 5.75. The first-order valence-corrected chi connectivity index (χ1v) is 10.1. The van der Waals surface area contributed by atoms with Gasteiger partial charge in [0.2, 0.25) is 5.91 Å². The van der Waals surface area contributed by atoms with E-state index in [1.807, 2.05) is 0 Å². The Kier molecular flexibility index (Phi) is 8.92. The molecule has 0 spiro atoms. The van der Waals surface area contributed by atoms with Crippen LogP contribution in [0.2, 0.25) is 0 Å². The van der Waals surface area contributed by atoms with Crippen molar-refractivity contribution >= 4 is 18.4 Å². The molecule has 0 radical (unpaired) electrons. The van der Waals surface area contributed by atoms with Gasteiger partial charge in [-0.15, -0.1) is 0 Å². The first kappa shape index (κ1) is 22.7. The van der Waals surface area contributed by atoms with Crippen molar-refractivity contribution in [2.75, 3.05) is 32.7 Å². The summed E-state index contributed by atoms with van der Waals surface area (Å²) in [5, 5.41) is 9.97. The molecule has 0 aliphatic carbocycles. The van der Waals surface area contributed by atoms with Crippen LogP contribution in [0.5, 0.6) is 0 Å². The highest BCUT2D eigenvalue weighted by atomic mass is 16.3. The van der Waals surface area contributed by atoms with Crippen LogP contribution in [0, 0.1) is 18.8 Å². The highest BCUT2D eigenvalue weighted by Gasteiger charge is 2.27. The molecule has 29 heavy (non-hydrogen) atoms. The van der Waals surface area contributed by atoms with Gasteiger partial charge in [0.05, 0.1) is 0 Å². The Morgan fingerprint density at radius 2 is 1.86 bits per heavy atom. The summed E-state index contributed by atoms with van der Waals surface area (Å²) in [7, 11) is 0. The van der Waals surface area contributed by atoms with Crippen molar-refractivity contribution in [3.63, 3.8) is 0 Å². The average Bonchev–Trinajstić information content (AvgIpc) is 3.16. The minimum atomic E-state index is -0.250. The number of amides is 3. The largest absolute Gasteiger partial charge is 0.483 e. The van der Waals surface area contributed by atoms with Gasteiger partial charge in [-0.2, -0.15) is 0 Å². The Hall–Kier alpha value is -2.61. The maximum Gasteiger partial charge on any atom is 0.317 e. The Balaban J connectivity index is 0.000000941. The lowest BCUT2D eigenvalue weighted by Crippen LogP contribution is -2.47. The summed E-state index contributed by atoms with van der Waals surface area (Å²) in [6.45, 7) is 6.95. The summed E-state index contributed by atoms with van der Waals surface area (Å²) >= 11 is 0. The van der Waals surface area contributed by atoms with Gasteiger partial charge < -0.3 is 21.1 Å². The molecule has 2 fully saturated rings. The van der Waals surface area contributed by atoms with Crippen molar-refractivity contribution in [1.29, 1.82) is 0 Å². The molecular formula is C21H32N4O4. The molecule has 2 aliphatic rings. The summed E-state index contributed by atoms with van der Waals surface area (Å²) < 4.78 is 0. The molecule has 3 amide bonds. The zero-order chi connectivity index (χ0) is 21.2. The second-order valence-electron chi connectivity index (χ2n) is 7.77. The maximum absolute atomic E-state index is 12.3. The first-order chi connectivity index (χ1) is 13.9. The number of urea groups is 1. The van der Waals surface area contributed by atoms with Gasteiger partial charge in [-0.3, -0.25) is 14.5 Å². The van der Waals surface area contributed by atoms with Crippen LogP contribution in [0.4, 0.5) is 4.79 Å². The molecule has 0 saturated carbocycles. The van der Waals surface area contributed by atoms with Gasteiger partial charge in [-0.25, -0.2) is 4.79 Å². The lowest BCUT2D eigenvalue weighted by atomic mass is 9.96. The number of piperidine rings is 1. The van der Waals surface area contributed by atoms with Gasteiger partial charge in [-0.1, -0.05) is 24.3 Å². The third kappa shape index (κ3) is 7.05. The van der Waals surface area contributed by atoms with E-state index in [2.05, 4.69) is 41.4 Å². The van der Waals surface area contributed by atoms with Gasteiger partial charge in [-0.05, 0) is 49.8 Å². The van der Waals surface area contributed by atoms with Crippen LogP contribution in [-0.2, 0) is 16.1 Å². The lowest BCUT2D eigenvalue weighted by Gasteiger charge is -2.31. The molecule has 1 unspecified atom stereocenters. The van der Waals surface area contributed by atoms with Crippen molar-refractivity contribution in [3.05, 3.63) is 35.4 Å². The Morgan fingerprint density at radius 3 is 2.48 bits per heavy atom. The zero-order valence-corrected chi connectivity index (χ0v) is 17.0. The predicted molar refractivity (Wildman–Crippen MR) is 110 cm³/mol. The molecule has 1 atom stereocenters. The van der Waals surface area contributed by atoms with E-state index in [-0.39, 0.29) is 24.3 Å². The molecule has 0 aromatic heterocycles. The molecule has 4 N–H and O–H groups in total. The number of primary amides is 1. The molecule has 2 aliphatic heterocycles. The van der Waals surface area contributed by atoms with Crippen LogP contribution in [0.25, 0.3) is 0 Å². The topological polar surface area (TPSA) is 116 Å². The molecule has 3 rings (SSSR count). The highest BCUT2D eigenvalue weighted by molar-refractivity contribution is 5.78. The fourth-order valence-corrected chi connectivity index (χ4v) is 3.96. The second kappa shape index (κ2) is 11.4. The van der Waals surface area contributed by atoms with E-state index in [0.29, 0.717) is 31.8 Å². The summed E-state index contributed by atoms with van der Waals surface area (Å²) in [6, 6.07) is 8.51. The van der Waals surface area contributed by atoms with E-state index in [0.717, 1.165) is 32.6 Å². The number of carboxylic acid groups (broad SMARTS) is 1. The molecule has 8 nitrogen and oxygen atoms in total. The number of nitrogens with one attached hydrogen (secondary N) is 1. The van der Waals surface area contributed by atoms with Crippen molar-refractivity contribution in [2.45, 2.75) is 32.7 Å². The van der Waals surface area contributed by atoms with Crippen molar-refractivity contribution < 1.29 is 19.5 Å². The van der Waals surface area contributed by atoms with E-state index < -0.39 is 0 Å². The summed E-state index contributed by atoms with van der Waals surface area (Å²) in [5.74, 6) is 0.180. The number of likely N-dealkylation sites (tertiary alicyclic amines) is 2. The summed E-state index contributed by atoms with van der Waals surface area (Å²) in [4.78, 5) is 36.2. The number of rotatable bonds is 5. The van der Waals surface area contributed by atoms with Crippen LogP contribution in [0.15, 0.2) is 24.3 Å². The summed E-state index contributed by atoms with van der Waals surface area (Å²) in [6.07, 6.45) is 2.47. The van der Waals surface area contributed by atoms with E-state index >= 15 is 0 Å². The number of carbonyl (C=O) groups excluding carboxylic acids is 2. The maximum atomic E-state index is 12.3. The molecule has 2 saturated heterocycles. The summed E-state index contributed by atoms with van der Waals surface area (Å²) in [5.41, 5.74) is 8.07. The van der Waals surface area contributed by atoms with Crippen molar-refractivity contribution in [2.24, 2.45) is 17.6 Å². The van der Waals surface area contributed by atoms with E-state index in [4.69, 9.17) is 15.6 Å². The number of benzene rings is 1. The Labute approximate surface area is 172 Å². The van der Waals surface area contributed by atoms with E-state index in [1.165, 1.54) is 11.1 Å². The fourth-order valence-electron chi connectivity index (χ4n) is 3.96. The smallest absolute Gasteiger partial charge is 0.317 e. The van der Waals surface area contributed by atoms with Crippen LogP contribution in [0.3, 0.4) is 0 Å². The van der Waals surface area contributed by atoms with Gasteiger partial charge in [0, 0.05) is 38.6 Å². The number of nitrogens with two attached hydrogens (primary N) is 1. The van der Waals surface area contributed by atoms with Crippen molar-refractivity contribution in [3.8, 4) is 0 Å².